The van der Waals surface area contributed by atoms with Gasteiger partial charge in [-0.2, -0.15) is 0 Å². The number of nitrogens with zero attached hydrogens (tertiary/aromatic N) is 1. The highest BCUT2D eigenvalue weighted by molar-refractivity contribution is 5.77. The van der Waals surface area contributed by atoms with Gasteiger partial charge in [0.05, 0.1) is 12.5 Å². The molecule has 2 aromatic heterocycles. The number of ether oxygens (including phenoxy) is 2. The van der Waals surface area contributed by atoms with E-state index in [1.807, 2.05) is 54.6 Å². The highest BCUT2D eigenvalue weighted by Gasteiger charge is 2.32. The number of benzene rings is 5. The molecule has 0 aliphatic carbocycles. The van der Waals surface area contributed by atoms with Crippen LogP contribution in [-0.4, -0.2) is 0 Å². The summed E-state index contributed by atoms with van der Waals surface area (Å²) in [5.41, 5.74) is 7.50. The zero-order valence-corrected chi connectivity index (χ0v) is 27.1. The van der Waals surface area contributed by atoms with Crippen molar-refractivity contribution in [2.24, 2.45) is 0 Å². The lowest BCUT2D eigenvalue weighted by molar-refractivity contribution is 0.270. The van der Waals surface area contributed by atoms with Crippen LogP contribution in [0.25, 0.3) is 0 Å². The molecule has 0 radical (unpaired) electrons. The molecule has 0 fully saturated rings. The van der Waals surface area contributed by atoms with E-state index in [0.29, 0.717) is 13.2 Å². The second-order valence-corrected chi connectivity index (χ2v) is 12.0. The van der Waals surface area contributed by atoms with Crippen LogP contribution in [0.3, 0.4) is 0 Å². The maximum atomic E-state index is 6.01. The van der Waals surface area contributed by atoms with Crippen molar-refractivity contribution in [2.75, 3.05) is 4.90 Å². The molecule has 7 rings (SSSR count). The minimum Gasteiger partial charge on any atom is -0.486 e. The van der Waals surface area contributed by atoms with Gasteiger partial charge in [0.1, 0.15) is 36.2 Å². The molecule has 2 heterocycles. The SMILES string of the molecule is Cc1cccc(N(c2ccccc2)c2ccc(C(C)(c3ccc(OCc4ccco4)cc3)c3ccc(OCc4ccco4)cc3)cc2)c1. The zero-order chi connectivity index (χ0) is 32.8. The number of anilines is 3. The molecule has 0 spiro atoms. The first-order valence-corrected chi connectivity index (χ1v) is 16.1. The van der Waals surface area contributed by atoms with Crippen LogP contribution in [0.1, 0.15) is 40.7 Å². The Kier molecular flexibility index (Phi) is 8.84. The molecule has 0 atom stereocenters. The summed E-state index contributed by atoms with van der Waals surface area (Å²) in [4.78, 5) is 2.30. The first kappa shape index (κ1) is 30.7. The largest absolute Gasteiger partial charge is 0.486 e. The fourth-order valence-electron chi connectivity index (χ4n) is 6.10. The molecular weight excluding hydrogens is 594 g/mol. The summed E-state index contributed by atoms with van der Waals surface area (Å²) in [5, 5.41) is 0. The van der Waals surface area contributed by atoms with E-state index in [1.54, 1.807) is 12.5 Å². The van der Waals surface area contributed by atoms with Crippen molar-refractivity contribution in [1.29, 1.82) is 0 Å². The Hall–Kier alpha value is -5.94. The van der Waals surface area contributed by atoms with Gasteiger partial charge in [-0.05, 0) is 121 Å². The van der Waals surface area contributed by atoms with Crippen LogP contribution in [0, 0.1) is 6.92 Å². The summed E-state index contributed by atoms with van der Waals surface area (Å²) in [7, 11) is 0. The molecule has 48 heavy (non-hydrogen) atoms. The van der Waals surface area contributed by atoms with E-state index in [4.69, 9.17) is 18.3 Å². The third kappa shape index (κ3) is 6.62. The minimum atomic E-state index is -0.474. The zero-order valence-electron chi connectivity index (χ0n) is 27.1. The van der Waals surface area contributed by atoms with Crippen molar-refractivity contribution < 1.29 is 18.3 Å². The molecule has 5 heteroatoms. The van der Waals surface area contributed by atoms with Crippen LogP contribution < -0.4 is 14.4 Å². The third-order valence-corrected chi connectivity index (χ3v) is 8.76. The number of hydrogen-bond acceptors (Lipinski definition) is 5. The van der Waals surface area contributed by atoms with Gasteiger partial charge >= 0.3 is 0 Å². The quantitative estimate of drug-likeness (QED) is 0.126. The van der Waals surface area contributed by atoms with E-state index in [0.717, 1.165) is 56.8 Å². The second-order valence-electron chi connectivity index (χ2n) is 12.0. The maximum absolute atomic E-state index is 6.01. The minimum absolute atomic E-state index is 0.378. The summed E-state index contributed by atoms with van der Waals surface area (Å²) >= 11 is 0. The summed E-state index contributed by atoms with van der Waals surface area (Å²) in [6, 6.07) is 52.3. The van der Waals surface area contributed by atoms with E-state index in [9.17, 15) is 0 Å². The van der Waals surface area contributed by atoms with Gasteiger partial charge in [-0.3, -0.25) is 0 Å². The Labute approximate surface area is 281 Å². The Bertz CT molecular complexity index is 1930. The summed E-state index contributed by atoms with van der Waals surface area (Å²) in [5.74, 6) is 3.14. The maximum Gasteiger partial charge on any atom is 0.146 e. The first-order valence-electron chi connectivity index (χ1n) is 16.1. The molecule has 0 aliphatic heterocycles. The lowest BCUT2D eigenvalue weighted by Crippen LogP contribution is -2.25. The van der Waals surface area contributed by atoms with Crippen LogP contribution in [0.5, 0.6) is 11.5 Å². The van der Waals surface area contributed by atoms with Gasteiger partial charge in [-0.1, -0.05) is 66.7 Å². The summed E-state index contributed by atoms with van der Waals surface area (Å²) in [6.07, 6.45) is 3.32. The van der Waals surface area contributed by atoms with Gasteiger partial charge in [0.15, 0.2) is 0 Å². The van der Waals surface area contributed by atoms with Crippen molar-refractivity contribution in [1.82, 2.24) is 0 Å². The Morgan fingerprint density at radius 1 is 0.500 bits per heavy atom. The van der Waals surface area contributed by atoms with Gasteiger partial charge in [0.25, 0.3) is 0 Å². The van der Waals surface area contributed by atoms with Crippen LogP contribution in [0.15, 0.2) is 173 Å². The van der Waals surface area contributed by atoms with E-state index in [1.165, 1.54) is 5.56 Å². The fourth-order valence-corrected chi connectivity index (χ4v) is 6.10. The van der Waals surface area contributed by atoms with Gasteiger partial charge in [-0.25, -0.2) is 0 Å². The standard InChI is InChI=1S/C43H37NO4/c1-32-9-6-12-38(29-32)44(36-10-4-3-5-11-36)37-21-15-33(16-22-37)43(2,34-17-23-39(24-18-34)47-30-41-13-7-27-45-41)35-19-25-40(26-20-35)48-31-42-14-8-28-46-42/h3-29H,30-31H2,1-2H3. The number of aryl methyl sites for hydroxylation is 1. The normalized spacial score (nSPS) is 11.3. The van der Waals surface area contributed by atoms with Crippen molar-refractivity contribution in [3.8, 4) is 11.5 Å². The first-order chi connectivity index (χ1) is 23.6. The monoisotopic (exact) mass is 631 g/mol. The number of hydrogen-bond donors (Lipinski definition) is 0. The average molecular weight is 632 g/mol. The predicted molar refractivity (Wildman–Crippen MR) is 190 cm³/mol. The molecule has 5 nitrogen and oxygen atoms in total. The molecular formula is C43H37NO4. The molecule has 0 unspecified atom stereocenters. The molecule has 7 aromatic rings. The number of rotatable bonds is 12. The lowest BCUT2D eigenvalue weighted by atomic mass is 9.71. The summed E-state index contributed by atoms with van der Waals surface area (Å²) < 4.78 is 22.9. The van der Waals surface area contributed by atoms with Gasteiger partial charge in [0, 0.05) is 22.5 Å². The molecule has 238 valence electrons. The van der Waals surface area contributed by atoms with Crippen LogP contribution in [0.4, 0.5) is 17.1 Å². The molecule has 0 amide bonds. The van der Waals surface area contributed by atoms with Gasteiger partial charge in [-0.15, -0.1) is 0 Å². The second kappa shape index (κ2) is 13.8. The Morgan fingerprint density at radius 2 is 0.979 bits per heavy atom. The van der Waals surface area contributed by atoms with E-state index < -0.39 is 5.41 Å². The third-order valence-electron chi connectivity index (χ3n) is 8.76. The van der Waals surface area contributed by atoms with E-state index in [-0.39, 0.29) is 0 Å². The van der Waals surface area contributed by atoms with E-state index >= 15 is 0 Å². The van der Waals surface area contributed by atoms with Crippen molar-refractivity contribution in [3.05, 3.63) is 198 Å². The lowest BCUT2D eigenvalue weighted by Gasteiger charge is -2.33. The van der Waals surface area contributed by atoms with Gasteiger partial charge in [0.2, 0.25) is 0 Å². The van der Waals surface area contributed by atoms with E-state index in [2.05, 4.69) is 116 Å². The smallest absolute Gasteiger partial charge is 0.146 e. The predicted octanol–water partition coefficient (Wildman–Crippen LogP) is 11.2. The van der Waals surface area contributed by atoms with Crippen LogP contribution in [0.2, 0.25) is 0 Å². The highest BCUT2D eigenvalue weighted by atomic mass is 16.5. The highest BCUT2D eigenvalue weighted by Crippen LogP contribution is 2.42. The van der Waals surface area contributed by atoms with Crippen molar-refractivity contribution >= 4 is 17.1 Å². The molecule has 5 aromatic carbocycles. The molecule has 0 bridgehead atoms. The summed E-state index contributed by atoms with van der Waals surface area (Å²) in [6.45, 7) is 5.16. The average Bonchev–Trinajstić information content (AvgIpc) is 3.86. The van der Waals surface area contributed by atoms with Crippen LogP contribution >= 0.6 is 0 Å². The fraction of sp³-hybridized carbons (Fsp3) is 0.116. The molecule has 0 saturated heterocycles. The molecule has 0 aliphatic rings. The van der Waals surface area contributed by atoms with Crippen LogP contribution in [-0.2, 0) is 18.6 Å². The van der Waals surface area contributed by atoms with Crippen molar-refractivity contribution in [3.63, 3.8) is 0 Å². The van der Waals surface area contributed by atoms with Crippen molar-refractivity contribution in [2.45, 2.75) is 32.5 Å². The Balaban J connectivity index is 1.23. The topological polar surface area (TPSA) is 48.0 Å². The number of furan rings is 2. The Morgan fingerprint density at radius 3 is 1.46 bits per heavy atom. The molecule has 0 saturated carbocycles. The molecule has 0 N–H and O–H groups in total. The number of para-hydroxylation sites is 1. The van der Waals surface area contributed by atoms with Gasteiger partial charge < -0.3 is 23.2 Å².